The van der Waals surface area contributed by atoms with Crippen molar-refractivity contribution in [2.24, 2.45) is 0 Å². The van der Waals surface area contributed by atoms with Crippen molar-refractivity contribution in [2.75, 3.05) is 0 Å². The predicted molar refractivity (Wildman–Crippen MR) is 77.3 cm³/mol. The molecule has 1 aromatic heterocycles. The lowest BCUT2D eigenvalue weighted by atomic mass is 9.93. The van der Waals surface area contributed by atoms with Gasteiger partial charge in [0.15, 0.2) is 0 Å². The van der Waals surface area contributed by atoms with E-state index in [-0.39, 0.29) is 5.41 Å². The molecule has 2 nitrogen and oxygen atoms in total. The Hall–Kier alpha value is -0.700. The zero-order chi connectivity index (χ0) is 13.5. The molecule has 1 aromatic carbocycles. The molecule has 0 aliphatic carbocycles. The monoisotopic (exact) mass is 302 g/mol. The lowest BCUT2D eigenvalue weighted by Gasteiger charge is -2.14. The fourth-order valence-corrected chi connectivity index (χ4v) is 2.05. The van der Waals surface area contributed by atoms with Gasteiger partial charge in [-0.2, -0.15) is 5.10 Å². The van der Waals surface area contributed by atoms with Crippen LogP contribution in [0.1, 0.15) is 26.5 Å². The van der Waals surface area contributed by atoms with Crippen LogP contribution in [-0.4, -0.2) is 9.78 Å². The molecular formula is C13H13Cl3N2. The van der Waals surface area contributed by atoms with Crippen molar-refractivity contribution >= 4 is 34.8 Å². The van der Waals surface area contributed by atoms with E-state index in [0.29, 0.717) is 15.2 Å². The first-order valence-corrected chi connectivity index (χ1v) is 6.64. The number of nitrogens with zero attached hydrogens (tertiary/aromatic N) is 2. The van der Waals surface area contributed by atoms with E-state index in [1.807, 2.05) is 12.1 Å². The number of benzene rings is 1. The first-order chi connectivity index (χ1) is 8.29. The second kappa shape index (κ2) is 4.76. The summed E-state index contributed by atoms with van der Waals surface area (Å²) < 4.78 is 1.66. The van der Waals surface area contributed by atoms with Gasteiger partial charge in [-0.15, -0.1) is 0 Å². The third kappa shape index (κ3) is 2.66. The van der Waals surface area contributed by atoms with Crippen LogP contribution >= 0.6 is 34.8 Å². The van der Waals surface area contributed by atoms with E-state index < -0.39 is 0 Å². The van der Waals surface area contributed by atoms with E-state index in [1.165, 1.54) is 0 Å². The highest BCUT2D eigenvalue weighted by atomic mass is 35.5. The van der Waals surface area contributed by atoms with Gasteiger partial charge >= 0.3 is 0 Å². The normalized spacial score (nSPS) is 11.9. The molecule has 0 amide bonds. The van der Waals surface area contributed by atoms with Gasteiger partial charge < -0.3 is 0 Å². The highest BCUT2D eigenvalue weighted by molar-refractivity contribution is 6.42. The zero-order valence-electron chi connectivity index (χ0n) is 10.3. The Kier molecular flexibility index (Phi) is 3.63. The maximum Gasteiger partial charge on any atom is 0.133 e. The Morgan fingerprint density at radius 2 is 1.67 bits per heavy atom. The minimum atomic E-state index is -0.0505. The van der Waals surface area contributed by atoms with Crippen molar-refractivity contribution in [1.82, 2.24) is 9.78 Å². The van der Waals surface area contributed by atoms with Gasteiger partial charge in [0, 0.05) is 5.41 Å². The van der Waals surface area contributed by atoms with Crippen molar-refractivity contribution < 1.29 is 0 Å². The second-order valence-corrected chi connectivity index (χ2v) is 6.31. The summed E-state index contributed by atoms with van der Waals surface area (Å²) in [4.78, 5) is 0. The van der Waals surface area contributed by atoms with Crippen molar-refractivity contribution in [3.63, 3.8) is 0 Å². The van der Waals surface area contributed by atoms with Crippen LogP contribution in [-0.2, 0) is 5.41 Å². The minimum Gasteiger partial charge on any atom is -0.222 e. The Morgan fingerprint density at radius 3 is 2.17 bits per heavy atom. The van der Waals surface area contributed by atoms with Gasteiger partial charge in [0.1, 0.15) is 5.15 Å². The average molecular weight is 304 g/mol. The van der Waals surface area contributed by atoms with E-state index in [0.717, 1.165) is 11.4 Å². The van der Waals surface area contributed by atoms with E-state index in [2.05, 4.69) is 25.9 Å². The molecule has 0 N–H and O–H groups in total. The lowest BCUT2D eigenvalue weighted by Crippen LogP contribution is -2.12. The van der Waals surface area contributed by atoms with E-state index in [4.69, 9.17) is 34.8 Å². The van der Waals surface area contributed by atoms with Gasteiger partial charge in [-0.3, -0.25) is 0 Å². The van der Waals surface area contributed by atoms with Crippen LogP contribution < -0.4 is 0 Å². The third-order valence-corrected chi connectivity index (χ3v) is 3.59. The summed E-state index contributed by atoms with van der Waals surface area (Å²) >= 11 is 18.1. The summed E-state index contributed by atoms with van der Waals surface area (Å²) in [6, 6.07) is 7.17. The van der Waals surface area contributed by atoms with Gasteiger partial charge in [-0.1, -0.05) is 55.6 Å². The summed E-state index contributed by atoms with van der Waals surface area (Å²) in [7, 11) is 0. The topological polar surface area (TPSA) is 17.8 Å². The van der Waals surface area contributed by atoms with Crippen LogP contribution in [0.25, 0.3) is 5.69 Å². The maximum absolute atomic E-state index is 6.20. The smallest absolute Gasteiger partial charge is 0.133 e. The molecular weight excluding hydrogens is 291 g/mol. The summed E-state index contributed by atoms with van der Waals surface area (Å²) in [6.45, 7) is 6.26. The summed E-state index contributed by atoms with van der Waals surface area (Å²) in [6.07, 6.45) is 0. The zero-order valence-corrected chi connectivity index (χ0v) is 12.6. The molecule has 1 heterocycles. The van der Waals surface area contributed by atoms with Crippen LogP contribution in [0.3, 0.4) is 0 Å². The first-order valence-electron chi connectivity index (χ1n) is 5.50. The van der Waals surface area contributed by atoms with Gasteiger partial charge in [0.25, 0.3) is 0 Å². The average Bonchev–Trinajstić information content (AvgIpc) is 2.64. The van der Waals surface area contributed by atoms with Crippen LogP contribution in [0.4, 0.5) is 0 Å². The number of rotatable bonds is 1. The van der Waals surface area contributed by atoms with Gasteiger partial charge in [-0.25, -0.2) is 4.68 Å². The van der Waals surface area contributed by atoms with Crippen molar-refractivity contribution in [1.29, 1.82) is 0 Å². The van der Waals surface area contributed by atoms with E-state index in [1.54, 1.807) is 16.8 Å². The Labute approximate surface area is 121 Å². The van der Waals surface area contributed by atoms with Crippen LogP contribution in [0, 0.1) is 0 Å². The van der Waals surface area contributed by atoms with Gasteiger partial charge in [-0.05, 0) is 24.3 Å². The van der Waals surface area contributed by atoms with E-state index >= 15 is 0 Å². The molecule has 2 aromatic rings. The fraction of sp³-hybridized carbons (Fsp3) is 0.308. The predicted octanol–water partition coefficient (Wildman–Crippen LogP) is 5.13. The molecule has 0 aliphatic rings. The van der Waals surface area contributed by atoms with Crippen LogP contribution in [0.15, 0.2) is 24.3 Å². The summed E-state index contributed by atoms with van der Waals surface area (Å²) in [5, 5.41) is 6.06. The Morgan fingerprint density at radius 1 is 1.00 bits per heavy atom. The molecule has 2 rings (SSSR count). The Balaban J connectivity index is 2.51. The third-order valence-electron chi connectivity index (χ3n) is 2.58. The standard InChI is InChI=1S/C13H13Cl3N2/c1-13(2,3)11-7-12(16)18(17-11)8-4-5-9(14)10(15)6-8/h4-7H,1-3H3. The molecule has 0 unspecified atom stereocenters. The molecule has 5 heteroatoms. The molecule has 0 radical (unpaired) electrons. The lowest BCUT2D eigenvalue weighted by molar-refractivity contribution is 0.560. The molecule has 0 fully saturated rings. The summed E-state index contributed by atoms with van der Waals surface area (Å²) in [5.41, 5.74) is 1.67. The fourth-order valence-electron chi connectivity index (χ4n) is 1.52. The van der Waals surface area contributed by atoms with Crippen molar-refractivity contribution in [3.05, 3.63) is 45.2 Å². The quantitative estimate of drug-likeness (QED) is 0.714. The molecule has 18 heavy (non-hydrogen) atoms. The molecule has 96 valence electrons. The molecule has 0 atom stereocenters. The van der Waals surface area contributed by atoms with E-state index in [9.17, 15) is 0 Å². The number of aromatic nitrogens is 2. The van der Waals surface area contributed by atoms with Crippen molar-refractivity contribution in [2.45, 2.75) is 26.2 Å². The van der Waals surface area contributed by atoms with Gasteiger partial charge in [0.05, 0.1) is 21.4 Å². The highest BCUT2D eigenvalue weighted by Gasteiger charge is 2.19. The molecule has 0 aliphatic heterocycles. The highest BCUT2D eigenvalue weighted by Crippen LogP contribution is 2.29. The van der Waals surface area contributed by atoms with Crippen LogP contribution in [0.5, 0.6) is 0 Å². The molecule has 0 bridgehead atoms. The molecule has 0 saturated carbocycles. The number of hydrogen-bond donors (Lipinski definition) is 0. The van der Waals surface area contributed by atoms with Gasteiger partial charge in [0.2, 0.25) is 0 Å². The maximum atomic E-state index is 6.20. The number of hydrogen-bond acceptors (Lipinski definition) is 1. The van der Waals surface area contributed by atoms with Crippen molar-refractivity contribution in [3.8, 4) is 5.69 Å². The molecule has 0 saturated heterocycles. The second-order valence-electron chi connectivity index (χ2n) is 5.11. The SMILES string of the molecule is CC(C)(C)c1cc(Cl)n(-c2ccc(Cl)c(Cl)c2)n1. The first kappa shape index (κ1) is 13.7. The molecule has 0 spiro atoms. The number of halogens is 3. The largest absolute Gasteiger partial charge is 0.222 e. The minimum absolute atomic E-state index is 0.0505. The Bertz CT molecular complexity index is 582. The summed E-state index contributed by atoms with van der Waals surface area (Å²) in [5.74, 6) is 0. The van der Waals surface area contributed by atoms with Crippen LogP contribution in [0.2, 0.25) is 15.2 Å².